The van der Waals surface area contributed by atoms with Gasteiger partial charge in [0, 0.05) is 22.1 Å². The van der Waals surface area contributed by atoms with Gasteiger partial charge in [-0.1, -0.05) is 133 Å². The highest BCUT2D eigenvalue weighted by Gasteiger charge is 2.51. The predicted molar refractivity (Wildman–Crippen MR) is 209 cm³/mol. The summed E-state index contributed by atoms with van der Waals surface area (Å²) in [6.07, 6.45) is 8.49. The van der Waals surface area contributed by atoms with Crippen LogP contribution in [0.5, 0.6) is 0 Å². The zero-order valence-electron chi connectivity index (χ0n) is 29.0. The number of rotatable bonds is 6. The van der Waals surface area contributed by atoms with E-state index in [1.165, 1.54) is 44.1 Å². The second kappa shape index (κ2) is 12.4. The summed E-state index contributed by atoms with van der Waals surface area (Å²) in [7, 11) is 0. The minimum absolute atomic E-state index is 0.378. The molecule has 4 saturated carbocycles. The van der Waals surface area contributed by atoms with Crippen molar-refractivity contribution in [2.75, 3.05) is 0 Å². The van der Waals surface area contributed by atoms with E-state index in [9.17, 15) is 5.26 Å². The molecule has 0 spiro atoms. The molecule has 4 bridgehead atoms. The zero-order valence-corrected chi connectivity index (χ0v) is 29.0. The standard InChI is InChI=1S/C48H38N4/c49-30-38-10-6-15-43-40(13-7-14-42(38)43)34-16-18-37(19-17-34)46-50-45(36-8-2-1-3-9-36)51-47(52-46)44-12-5-4-11-41(44)35-20-22-39(23-21-35)48-27-31-24-32(28-48)26-33(25-31)29-48/h1-23,31-33H,24-29H2. The van der Waals surface area contributed by atoms with Crippen LogP contribution < -0.4 is 0 Å². The topological polar surface area (TPSA) is 62.5 Å². The molecular weight excluding hydrogens is 633 g/mol. The quantitative estimate of drug-likeness (QED) is 0.177. The average Bonchev–Trinajstić information content (AvgIpc) is 3.20. The van der Waals surface area contributed by atoms with Crippen molar-refractivity contribution in [1.29, 1.82) is 5.26 Å². The van der Waals surface area contributed by atoms with Crippen LogP contribution in [-0.4, -0.2) is 15.0 Å². The molecule has 4 aliphatic carbocycles. The summed E-state index contributed by atoms with van der Waals surface area (Å²) in [6.45, 7) is 0. The summed E-state index contributed by atoms with van der Waals surface area (Å²) >= 11 is 0. The van der Waals surface area contributed by atoms with Gasteiger partial charge in [0.25, 0.3) is 0 Å². The summed E-state index contributed by atoms with van der Waals surface area (Å²) in [5.74, 6) is 4.72. The minimum Gasteiger partial charge on any atom is -0.208 e. The van der Waals surface area contributed by atoms with Gasteiger partial charge in [0.15, 0.2) is 17.5 Å². The van der Waals surface area contributed by atoms with Crippen molar-refractivity contribution < 1.29 is 0 Å². The Labute approximate surface area is 304 Å². The number of fused-ring (bicyclic) bond motifs is 1. The number of aromatic nitrogens is 3. The van der Waals surface area contributed by atoms with E-state index in [1.807, 2.05) is 42.5 Å². The molecule has 0 radical (unpaired) electrons. The first kappa shape index (κ1) is 30.9. The summed E-state index contributed by atoms with van der Waals surface area (Å²) in [5, 5.41) is 11.7. The Balaban J connectivity index is 1.03. The fourth-order valence-corrected chi connectivity index (χ4v) is 10.2. The molecule has 0 aliphatic heterocycles. The smallest absolute Gasteiger partial charge is 0.164 e. The summed E-state index contributed by atoms with van der Waals surface area (Å²) in [4.78, 5) is 15.3. The molecule has 6 aromatic carbocycles. The van der Waals surface area contributed by atoms with Gasteiger partial charge in [0.2, 0.25) is 0 Å². The van der Waals surface area contributed by atoms with Gasteiger partial charge < -0.3 is 0 Å². The molecule has 0 unspecified atom stereocenters. The maximum Gasteiger partial charge on any atom is 0.164 e. The molecule has 52 heavy (non-hydrogen) atoms. The Kier molecular flexibility index (Phi) is 7.35. The van der Waals surface area contributed by atoms with Gasteiger partial charge in [-0.05, 0) is 101 Å². The van der Waals surface area contributed by atoms with Crippen molar-refractivity contribution in [3.8, 4) is 62.5 Å². The Hall–Kier alpha value is -5.92. The highest BCUT2D eigenvalue weighted by atomic mass is 15.0. The van der Waals surface area contributed by atoms with Crippen LogP contribution in [0, 0.1) is 29.1 Å². The largest absolute Gasteiger partial charge is 0.208 e. The SMILES string of the molecule is N#Cc1cccc2c(-c3ccc(-c4nc(-c5ccccc5)nc(-c5ccccc5-c5ccc(C67CC8CC(CC(C8)C6)C7)cc5)n4)cc3)cccc12. The van der Waals surface area contributed by atoms with Crippen molar-refractivity contribution in [3.05, 3.63) is 151 Å². The lowest BCUT2D eigenvalue weighted by atomic mass is 9.48. The molecule has 0 N–H and O–H groups in total. The summed E-state index contributed by atoms with van der Waals surface area (Å²) < 4.78 is 0. The van der Waals surface area contributed by atoms with Gasteiger partial charge in [0.1, 0.15) is 0 Å². The third-order valence-electron chi connectivity index (χ3n) is 12.2. The Bertz CT molecular complexity index is 2460. The molecule has 4 aliphatic rings. The second-order valence-corrected chi connectivity index (χ2v) is 15.4. The third-order valence-corrected chi connectivity index (χ3v) is 12.2. The summed E-state index contributed by atoms with van der Waals surface area (Å²) in [6, 6.07) is 51.0. The molecule has 11 rings (SSSR count). The molecular formula is C48H38N4. The fourth-order valence-electron chi connectivity index (χ4n) is 10.2. The molecule has 1 aromatic heterocycles. The van der Waals surface area contributed by atoms with Gasteiger partial charge in [-0.2, -0.15) is 5.26 Å². The van der Waals surface area contributed by atoms with Crippen LogP contribution in [0.1, 0.15) is 49.7 Å². The van der Waals surface area contributed by atoms with Crippen molar-refractivity contribution >= 4 is 10.8 Å². The normalized spacial score (nSPS) is 21.6. The number of hydrogen-bond donors (Lipinski definition) is 0. The van der Waals surface area contributed by atoms with Gasteiger partial charge >= 0.3 is 0 Å². The first-order valence-electron chi connectivity index (χ1n) is 18.7. The zero-order chi connectivity index (χ0) is 34.6. The maximum atomic E-state index is 9.68. The van der Waals surface area contributed by atoms with E-state index in [4.69, 9.17) is 15.0 Å². The molecule has 250 valence electrons. The Morgan fingerprint density at radius 1 is 0.442 bits per heavy atom. The predicted octanol–water partition coefficient (Wildman–Crippen LogP) is 11.7. The van der Waals surface area contributed by atoms with E-state index in [0.29, 0.717) is 28.5 Å². The molecule has 7 aromatic rings. The molecule has 4 nitrogen and oxygen atoms in total. The van der Waals surface area contributed by atoms with Crippen molar-refractivity contribution in [2.24, 2.45) is 17.8 Å². The van der Waals surface area contributed by atoms with Crippen LogP contribution in [0.15, 0.2) is 140 Å². The van der Waals surface area contributed by atoms with Crippen molar-refractivity contribution in [1.82, 2.24) is 15.0 Å². The van der Waals surface area contributed by atoms with E-state index in [-0.39, 0.29) is 0 Å². The molecule has 4 fully saturated rings. The third kappa shape index (κ3) is 5.31. The first-order valence-corrected chi connectivity index (χ1v) is 18.7. The van der Waals surface area contributed by atoms with E-state index in [0.717, 1.165) is 61.9 Å². The lowest BCUT2D eigenvalue weighted by Crippen LogP contribution is -2.48. The van der Waals surface area contributed by atoms with Crippen LogP contribution in [0.3, 0.4) is 0 Å². The maximum absolute atomic E-state index is 9.68. The molecule has 1 heterocycles. The number of nitriles is 1. The highest BCUT2D eigenvalue weighted by Crippen LogP contribution is 2.60. The van der Waals surface area contributed by atoms with E-state index in [1.54, 1.807) is 5.56 Å². The van der Waals surface area contributed by atoms with Crippen LogP contribution in [0.4, 0.5) is 0 Å². The van der Waals surface area contributed by atoms with E-state index >= 15 is 0 Å². The average molecular weight is 671 g/mol. The lowest BCUT2D eigenvalue weighted by Gasteiger charge is -2.57. The monoisotopic (exact) mass is 670 g/mol. The summed E-state index contributed by atoms with van der Waals surface area (Å²) in [5.41, 5.74) is 9.93. The van der Waals surface area contributed by atoms with E-state index < -0.39 is 0 Å². The number of nitrogens with zero attached hydrogens (tertiary/aromatic N) is 4. The van der Waals surface area contributed by atoms with Gasteiger partial charge in [-0.15, -0.1) is 0 Å². The van der Waals surface area contributed by atoms with Crippen LogP contribution in [0.25, 0.3) is 67.2 Å². The second-order valence-electron chi connectivity index (χ2n) is 15.4. The Morgan fingerprint density at radius 3 is 1.62 bits per heavy atom. The Morgan fingerprint density at radius 2 is 0.942 bits per heavy atom. The number of benzene rings is 6. The molecule has 0 atom stereocenters. The van der Waals surface area contributed by atoms with Crippen molar-refractivity contribution in [3.63, 3.8) is 0 Å². The minimum atomic E-state index is 0.378. The van der Waals surface area contributed by atoms with Crippen LogP contribution >= 0.6 is 0 Å². The van der Waals surface area contributed by atoms with E-state index in [2.05, 4.69) is 103 Å². The lowest BCUT2D eigenvalue weighted by molar-refractivity contribution is -0.00518. The molecule has 4 heteroatoms. The molecule has 0 saturated heterocycles. The van der Waals surface area contributed by atoms with Gasteiger partial charge in [0.05, 0.1) is 11.6 Å². The first-order chi connectivity index (χ1) is 25.6. The van der Waals surface area contributed by atoms with Gasteiger partial charge in [-0.25, -0.2) is 15.0 Å². The fraction of sp³-hybridized carbons (Fsp3) is 0.208. The van der Waals surface area contributed by atoms with Crippen molar-refractivity contribution in [2.45, 2.75) is 43.9 Å². The highest BCUT2D eigenvalue weighted by molar-refractivity contribution is 5.99. The number of hydrogen-bond acceptors (Lipinski definition) is 4. The van der Waals surface area contributed by atoms with Gasteiger partial charge in [-0.3, -0.25) is 0 Å². The van der Waals surface area contributed by atoms with Crippen LogP contribution in [-0.2, 0) is 5.41 Å². The van der Waals surface area contributed by atoms with Crippen LogP contribution in [0.2, 0.25) is 0 Å². The molecule has 0 amide bonds.